The van der Waals surface area contributed by atoms with E-state index in [9.17, 15) is 28.6 Å². The lowest BCUT2D eigenvalue weighted by molar-refractivity contribution is 0.00615. The van der Waals surface area contributed by atoms with E-state index < -0.39 is 41.4 Å². The minimum Gasteiger partial charge on any atom is -0.465 e. The van der Waals surface area contributed by atoms with E-state index in [0.29, 0.717) is 28.8 Å². The Morgan fingerprint density at radius 1 is 0.950 bits per heavy atom. The summed E-state index contributed by atoms with van der Waals surface area (Å²) in [6.07, 6.45) is -2.02. The van der Waals surface area contributed by atoms with Crippen LogP contribution in [0.5, 0.6) is 0 Å². The number of aromatic amines is 1. The highest BCUT2D eigenvalue weighted by molar-refractivity contribution is 5.98. The van der Waals surface area contributed by atoms with E-state index in [-0.39, 0.29) is 30.9 Å². The van der Waals surface area contributed by atoms with Gasteiger partial charge in [-0.05, 0) is 68.1 Å². The molecule has 0 bridgehead atoms. The van der Waals surface area contributed by atoms with Gasteiger partial charge in [0.25, 0.3) is 0 Å². The number of hydrogen-bond acceptors (Lipinski definition) is 7. The normalized spacial score (nSPS) is 13.2. The standard InChI is InChI=1S/C30H36F2N2O6/c1-6-22-26(28(37)39-5)23(33-27(22)29(38)40-30(2,3)4)15-34(16-24(35)18-9-7-11-20(31)13-18)17-25(36)19-10-8-12-21(32)14-19/h7-14,24-25,33,35-36H,6,15-17H2,1-5H3/t24-,25+. The van der Waals surface area contributed by atoms with Crippen molar-refractivity contribution in [2.24, 2.45) is 0 Å². The summed E-state index contributed by atoms with van der Waals surface area (Å²) in [5.74, 6) is -2.36. The molecule has 40 heavy (non-hydrogen) atoms. The van der Waals surface area contributed by atoms with Crippen molar-refractivity contribution in [1.29, 1.82) is 0 Å². The molecule has 0 saturated heterocycles. The molecule has 0 fully saturated rings. The fraction of sp³-hybridized carbons (Fsp3) is 0.400. The summed E-state index contributed by atoms with van der Waals surface area (Å²) in [5.41, 5.74) is 0.812. The van der Waals surface area contributed by atoms with Gasteiger partial charge in [-0.15, -0.1) is 0 Å². The van der Waals surface area contributed by atoms with Crippen molar-refractivity contribution in [3.63, 3.8) is 0 Å². The van der Waals surface area contributed by atoms with Crippen LogP contribution in [-0.2, 0) is 22.4 Å². The Balaban J connectivity index is 2.02. The second-order valence-corrected chi connectivity index (χ2v) is 10.5. The lowest BCUT2D eigenvalue weighted by atomic mass is 10.0. The molecule has 0 spiro atoms. The number of methoxy groups -OCH3 is 1. The van der Waals surface area contributed by atoms with Crippen molar-refractivity contribution in [3.8, 4) is 0 Å². The zero-order valence-corrected chi connectivity index (χ0v) is 23.3. The van der Waals surface area contributed by atoms with E-state index in [0.717, 1.165) is 0 Å². The van der Waals surface area contributed by atoms with Crippen molar-refractivity contribution in [1.82, 2.24) is 9.88 Å². The van der Waals surface area contributed by atoms with Crippen LogP contribution in [0.3, 0.4) is 0 Å². The van der Waals surface area contributed by atoms with E-state index in [2.05, 4.69) is 4.98 Å². The third-order valence-electron chi connectivity index (χ3n) is 6.24. The second-order valence-electron chi connectivity index (χ2n) is 10.5. The molecule has 1 heterocycles. The Morgan fingerprint density at radius 3 is 1.90 bits per heavy atom. The van der Waals surface area contributed by atoms with Crippen LogP contribution in [0.1, 0.15) is 83.1 Å². The molecule has 0 amide bonds. The quantitative estimate of drug-likeness (QED) is 0.288. The number of carbonyl (C=O) groups excluding carboxylic acids is 2. The average Bonchev–Trinajstić information content (AvgIpc) is 3.25. The highest BCUT2D eigenvalue weighted by Crippen LogP contribution is 2.27. The Bertz CT molecular complexity index is 1280. The molecular formula is C30H36F2N2O6. The zero-order chi connectivity index (χ0) is 29.6. The van der Waals surface area contributed by atoms with Gasteiger partial charge in [-0.1, -0.05) is 31.2 Å². The first-order chi connectivity index (χ1) is 18.8. The van der Waals surface area contributed by atoms with Crippen molar-refractivity contribution in [2.75, 3.05) is 20.2 Å². The maximum absolute atomic E-state index is 13.8. The van der Waals surface area contributed by atoms with E-state index >= 15 is 0 Å². The van der Waals surface area contributed by atoms with Crippen LogP contribution in [-0.4, -0.2) is 57.8 Å². The van der Waals surface area contributed by atoms with Crippen LogP contribution in [0.25, 0.3) is 0 Å². The van der Waals surface area contributed by atoms with Crippen LogP contribution in [0.15, 0.2) is 48.5 Å². The number of halogens is 2. The molecule has 0 aliphatic carbocycles. The van der Waals surface area contributed by atoms with Gasteiger partial charge in [0, 0.05) is 25.3 Å². The third-order valence-corrected chi connectivity index (χ3v) is 6.24. The van der Waals surface area contributed by atoms with Crippen molar-refractivity contribution < 1.29 is 38.1 Å². The fourth-order valence-electron chi connectivity index (χ4n) is 4.47. The number of H-pyrrole nitrogens is 1. The summed E-state index contributed by atoms with van der Waals surface area (Å²) in [4.78, 5) is 30.5. The molecule has 1 aromatic heterocycles. The monoisotopic (exact) mass is 558 g/mol. The molecule has 10 heteroatoms. The molecule has 0 saturated carbocycles. The van der Waals surface area contributed by atoms with Crippen LogP contribution in [0, 0.1) is 11.6 Å². The summed E-state index contributed by atoms with van der Waals surface area (Å²) >= 11 is 0. The molecule has 216 valence electrons. The summed E-state index contributed by atoms with van der Waals surface area (Å²) in [5, 5.41) is 21.9. The zero-order valence-electron chi connectivity index (χ0n) is 23.3. The maximum Gasteiger partial charge on any atom is 0.355 e. The molecule has 3 N–H and O–H groups in total. The molecule has 3 aromatic rings. The summed E-state index contributed by atoms with van der Waals surface area (Å²) < 4.78 is 38.2. The number of benzene rings is 2. The predicted molar refractivity (Wildman–Crippen MR) is 145 cm³/mol. The van der Waals surface area contributed by atoms with Crippen LogP contribution in [0.4, 0.5) is 8.78 Å². The second kappa shape index (κ2) is 13.2. The van der Waals surface area contributed by atoms with Gasteiger partial charge >= 0.3 is 11.9 Å². The van der Waals surface area contributed by atoms with Gasteiger partial charge in [-0.2, -0.15) is 0 Å². The van der Waals surface area contributed by atoms with Gasteiger partial charge in [0.2, 0.25) is 0 Å². The number of aliphatic hydroxyl groups is 2. The smallest absolute Gasteiger partial charge is 0.355 e. The fourth-order valence-corrected chi connectivity index (χ4v) is 4.47. The number of aromatic nitrogens is 1. The molecule has 0 aliphatic heterocycles. The Morgan fingerprint density at radius 2 is 1.48 bits per heavy atom. The minimum atomic E-state index is -1.16. The molecule has 3 rings (SSSR count). The third kappa shape index (κ3) is 7.97. The number of esters is 2. The molecular weight excluding hydrogens is 522 g/mol. The molecule has 0 aliphatic rings. The number of nitrogens with zero attached hydrogens (tertiary/aromatic N) is 1. The minimum absolute atomic E-state index is 0.0427. The van der Waals surface area contributed by atoms with Crippen LogP contribution < -0.4 is 0 Å². The first-order valence-electron chi connectivity index (χ1n) is 13.0. The number of carbonyl (C=O) groups is 2. The maximum atomic E-state index is 13.8. The lowest BCUT2D eigenvalue weighted by Crippen LogP contribution is -2.33. The van der Waals surface area contributed by atoms with E-state index in [1.54, 1.807) is 44.7 Å². The molecule has 0 radical (unpaired) electrons. The van der Waals surface area contributed by atoms with Gasteiger partial charge in [-0.25, -0.2) is 18.4 Å². The van der Waals surface area contributed by atoms with Crippen molar-refractivity contribution >= 4 is 11.9 Å². The van der Waals surface area contributed by atoms with Crippen LogP contribution in [0.2, 0.25) is 0 Å². The van der Waals surface area contributed by atoms with E-state index in [1.807, 2.05) is 0 Å². The van der Waals surface area contributed by atoms with Gasteiger partial charge < -0.3 is 24.7 Å². The Labute approximate surface area is 232 Å². The molecule has 0 unspecified atom stereocenters. The van der Waals surface area contributed by atoms with Crippen LogP contribution >= 0.6 is 0 Å². The average molecular weight is 559 g/mol. The number of aliphatic hydroxyl groups excluding tert-OH is 2. The summed E-state index contributed by atoms with van der Waals surface area (Å²) in [6, 6.07) is 11.0. The molecule has 8 nitrogen and oxygen atoms in total. The Hall–Kier alpha value is -3.60. The number of hydrogen-bond donors (Lipinski definition) is 3. The van der Waals surface area contributed by atoms with Gasteiger partial charge in [0.1, 0.15) is 22.9 Å². The van der Waals surface area contributed by atoms with Gasteiger partial charge in [0.05, 0.1) is 24.9 Å². The number of rotatable bonds is 11. The van der Waals surface area contributed by atoms with Gasteiger partial charge in [0.15, 0.2) is 0 Å². The SMILES string of the molecule is CCc1c(C(=O)OC(C)(C)C)[nH]c(CN(C[C@@H](O)c2cccc(F)c2)C[C@H](O)c2cccc(F)c2)c1C(=O)OC. The highest BCUT2D eigenvalue weighted by atomic mass is 19.1. The number of nitrogens with one attached hydrogen (secondary N) is 1. The first kappa shape index (κ1) is 30.9. The Kier molecular flexibility index (Phi) is 10.2. The lowest BCUT2D eigenvalue weighted by Gasteiger charge is -2.28. The van der Waals surface area contributed by atoms with Crippen molar-refractivity contribution in [2.45, 2.75) is 58.5 Å². The summed E-state index contributed by atoms with van der Waals surface area (Å²) in [6.45, 7) is 6.75. The van der Waals surface area contributed by atoms with E-state index in [1.165, 1.54) is 43.5 Å². The molecule has 2 atom stereocenters. The summed E-state index contributed by atoms with van der Waals surface area (Å²) in [7, 11) is 1.23. The van der Waals surface area contributed by atoms with Crippen molar-refractivity contribution in [3.05, 3.63) is 93.8 Å². The number of ether oxygens (including phenoxy) is 2. The topological polar surface area (TPSA) is 112 Å². The molecule has 2 aromatic carbocycles. The predicted octanol–water partition coefficient (Wildman–Crippen LogP) is 4.87. The highest BCUT2D eigenvalue weighted by Gasteiger charge is 2.30. The van der Waals surface area contributed by atoms with Gasteiger partial charge in [-0.3, -0.25) is 4.90 Å². The first-order valence-corrected chi connectivity index (χ1v) is 13.0. The largest absolute Gasteiger partial charge is 0.465 e. The van der Waals surface area contributed by atoms with E-state index in [4.69, 9.17) is 9.47 Å².